The van der Waals surface area contributed by atoms with Crippen molar-refractivity contribution in [2.75, 3.05) is 13.1 Å². The minimum Gasteiger partial charge on any atom is -0.465 e. The number of hydrogen-bond acceptors (Lipinski definition) is 4. The van der Waals surface area contributed by atoms with Crippen LogP contribution < -0.4 is 5.32 Å². The first-order valence-electron chi connectivity index (χ1n) is 7.34. The lowest BCUT2D eigenvalue weighted by atomic mass is 10.0. The Balaban J connectivity index is 2.37. The van der Waals surface area contributed by atoms with Crippen LogP contribution in [-0.4, -0.2) is 46.1 Å². The van der Waals surface area contributed by atoms with Crippen molar-refractivity contribution in [3.8, 4) is 0 Å². The van der Waals surface area contributed by atoms with Crippen molar-refractivity contribution in [3.63, 3.8) is 0 Å². The summed E-state index contributed by atoms with van der Waals surface area (Å²) in [5.74, 6) is -3.04. The normalized spacial score (nSPS) is 17.7. The largest absolute Gasteiger partial charge is 0.465 e. The number of likely N-dealkylation sites (tertiary alicyclic amines) is 1. The van der Waals surface area contributed by atoms with Crippen molar-refractivity contribution < 1.29 is 37.2 Å². The van der Waals surface area contributed by atoms with Gasteiger partial charge in [0, 0.05) is 30.8 Å². The third kappa shape index (κ3) is 4.18. The van der Waals surface area contributed by atoms with Crippen LogP contribution in [0.15, 0.2) is 12.1 Å². The predicted octanol–water partition coefficient (Wildman–Crippen LogP) is 2.62. The van der Waals surface area contributed by atoms with Crippen LogP contribution in [0.2, 0.25) is 0 Å². The van der Waals surface area contributed by atoms with E-state index < -0.39 is 51.8 Å². The van der Waals surface area contributed by atoms with Crippen LogP contribution in [0.3, 0.4) is 0 Å². The molecule has 0 bridgehead atoms. The lowest BCUT2D eigenvalue weighted by molar-refractivity contribution is -0.387. The first kappa shape index (κ1) is 19.4. The minimum absolute atomic E-state index is 0.113. The molecule has 0 unspecified atom stereocenters. The van der Waals surface area contributed by atoms with E-state index in [4.69, 9.17) is 5.11 Å². The number of carbonyl (C=O) groups is 2. The molecule has 1 aliphatic heterocycles. The third-order valence-electron chi connectivity index (χ3n) is 3.84. The zero-order valence-electron chi connectivity index (χ0n) is 13.0. The predicted molar refractivity (Wildman–Crippen MR) is 78.1 cm³/mol. The highest BCUT2D eigenvalue weighted by molar-refractivity contribution is 5.95. The van der Waals surface area contributed by atoms with Crippen LogP contribution in [0.1, 0.15) is 28.8 Å². The number of benzene rings is 1. The number of nitrogens with one attached hydrogen (secondary N) is 1. The van der Waals surface area contributed by atoms with Crippen molar-refractivity contribution in [2.45, 2.75) is 25.1 Å². The van der Waals surface area contributed by atoms with Gasteiger partial charge in [0.25, 0.3) is 5.91 Å². The molecule has 2 N–H and O–H groups in total. The van der Waals surface area contributed by atoms with E-state index in [2.05, 4.69) is 5.32 Å². The van der Waals surface area contributed by atoms with Gasteiger partial charge in [0.05, 0.1) is 10.5 Å². The molecule has 26 heavy (non-hydrogen) atoms. The van der Waals surface area contributed by atoms with E-state index >= 15 is 0 Å². The zero-order valence-corrected chi connectivity index (χ0v) is 13.0. The Labute approximate surface area is 143 Å². The molecule has 0 spiro atoms. The van der Waals surface area contributed by atoms with Crippen LogP contribution in [-0.2, 0) is 6.18 Å². The topological polar surface area (TPSA) is 113 Å². The van der Waals surface area contributed by atoms with Gasteiger partial charge in [-0.05, 0) is 18.9 Å². The molecule has 0 aromatic heterocycles. The summed E-state index contributed by atoms with van der Waals surface area (Å²) in [7, 11) is 0. The number of carboxylic acid groups (broad SMARTS) is 1. The summed E-state index contributed by atoms with van der Waals surface area (Å²) in [6, 6.07) is 0.0442. The van der Waals surface area contributed by atoms with Crippen LogP contribution in [0.5, 0.6) is 0 Å². The fourth-order valence-electron chi connectivity index (χ4n) is 2.71. The molecule has 1 atom stereocenters. The van der Waals surface area contributed by atoms with Gasteiger partial charge in [0.15, 0.2) is 0 Å². The van der Waals surface area contributed by atoms with Gasteiger partial charge < -0.3 is 15.3 Å². The highest BCUT2D eigenvalue weighted by Gasteiger charge is 2.39. The molecule has 0 saturated carbocycles. The van der Waals surface area contributed by atoms with Crippen molar-refractivity contribution in [2.24, 2.45) is 0 Å². The molecule has 1 aromatic carbocycles. The van der Waals surface area contributed by atoms with E-state index in [1.54, 1.807) is 0 Å². The van der Waals surface area contributed by atoms with Crippen LogP contribution in [0, 0.1) is 15.9 Å². The summed E-state index contributed by atoms with van der Waals surface area (Å²) in [6.45, 7) is 0.0147. The second-order valence-corrected chi connectivity index (χ2v) is 5.65. The summed E-state index contributed by atoms with van der Waals surface area (Å²) >= 11 is 0. The van der Waals surface area contributed by atoms with Crippen molar-refractivity contribution in [1.29, 1.82) is 0 Å². The minimum atomic E-state index is -5.22. The summed E-state index contributed by atoms with van der Waals surface area (Å²) in [5, 5.41) is 21.7. The number of alkyl halides is 3. The fourth-order valence-corrected chi connectivity index (χ4v) is 2.71. The van der Waals surface area contributed by atoms with Gasteiger partial charge in [-0.25, -0.2) is 4.79 Å². The molecule has 2 amide bonds. The van der Waals surface area contributed by atoms with Gasteiger partial charge in [-0.3, -0.25) is 14.9 Å². The van der Waals surface area contributed by atoms with Gasteiger partial charge in [-0.2, -0.15) is 17.6 Å². The number of piperidine rings is 1. The number of rotatable bonds is 3. The lowest BCUT2D eigenvalue weighted by Gasteiger charge is -2.32. The molecule has 142 valence electrons. The molecule has 1 aromatic rings. The summed E-state index contributed by atoms with van der Waals surface area (Å²) in [5.41, 5.74) is -4.06. The van der Waals surface area contributed by atoms with Crippen molar-refractivity contribution >= 4 is 17.7 Å². The molecule has 12 heteroatoms. The Morgan fingerprint density at radius 3 is 2.54 bits per heavy atom. The average Bonchev–Trinajstić information content (AvgIpc) is 2.52. The maximum absolute atomic E-state index is 13.7. The second kappa shape index (κ2) is 7.14. The Bertz CT molecular complexity index is 753. The molecule has 1 saturated heterocycles. The van der Waals surface area contributed by atoms with Crippen LogP contribution in [0.4, 0.5) is 28.0 Å². The quantitative estimate of drug-likeness (QED) is 0.476. The molecular formula is C14H13F4N3O5. The number of carbonyl (C=O) groups excluding carboxylic acids is 1. The van der Waals surface area contributed by atoms with Gasteiger partial charge in [-0.15, -0.1) is 0 Å². The molecule has 1 aliphatic rings. The Hall–Kier alpha value is -2.92. The summed E-state index contributed by atoms with van der Waals surface area (Å²) in [6.07, 6.45) is -5.74. The monoisotopic (exact) mass is 379 g/mol. The molecule has 1 heterocycles. The summed E-state index contributed by atoms with van der Waals surface area (Å²) in [4.78, 5) is 33.7. The van der Waals surface area contributed by atoms with E-state index in [0.29, 0.717) is 18.9 Å². The number of nitro benzene ring substituents is 1. The van der Waals surface area contributed by atoms with E-state index in [1.165, 1.54) is 0 Å². The average molecular weight is 379 g/mol. The smallest absolute Gasteiger partial charge is 0.419 e. The maximum Gasteiger partial charge on any atom is 0.419 e. The highest BCUT2D eigenvalue weighted by Crippen LogP contribution is 2.36. The first-order chi connectivity index (χ1) is 12.0. The van der Waals surface area contributed by atoms with E-state index in [-0.39, 0.29) is 19.2 Å². The molecule has 8 nitrogen and oxygen atoms in total. The Morgan fingerprint density at radius 2 is 2.00 bits per heavy atom. The zero-order chi connectivity index (χ0) is 19.6. The lowest BCUT2D eigenvalue weighted by Crippen LogP contribution is -2.49. The number of halogens is 4. The fraction of sp³-hybridized carbons (Fsp3) is 0.429. The van der Waals surface area contributed by atoms with Gasteiger partial charge in [-0.1, -0.05) is 0 Å². The number of amides is 2. The SMILES string of the molecule is O=C(O)N[C@@H]1CCCN(C(=O)c2cc([N+](=O)[O-])c(F)c(C(F)(F)F)c2)C1. The molecule has 1 fully saturated rings. The van der Waals surface area contributed by atoms with E-state index in [1.807, 2.05) is 0 Å². The Morgan fingerprint density at radius 1 is 1.35 bits per heavy atom. The molecular weight excluding hydrogens is 366 g/mol. The number of nitrogens with zero attached hydrogens (tertiary/aromatic N) is 2. The summed E-state index contributed by atoms with van der Waals surface area (Å²) < 4.78 is 52.5. The second-order valence-electron chi connectivity index (χ2n) is 5.65. The van der Waals surface area contributed by atoms with Gasteiger partial charge >= 0.3 is 18.0 Å². The first-order valence-corrected chi connectivity index (χ1v) is 7.34. The van der Waals surface area contributed by atoms with Gasteiger partial charge in [0.1, 0.15) is 0 Å². The van der Waals surface area contributed by atoms with Crippen LogP contribution in [0.25, 0.3) is 0 Å². The Kier molecular flexibility index (Phi) is 5.33. The molecule has 2 rings (SSSR count). The molecule has 0 aliphatic carbocycles. The highest BCUT2D eigenvalue weighted by atomic mass is 19.4. The third-order valence-corrected chi connectivity index (χ3v) is 3.84. The molecule has 0 radical (unpaired) electrons. The number of hydrogen-bond donors (Lipinski definition) is 2. The van der Waals surface area contributed by atoms with E-state index in [9.17, 15) is 37.3 Å². The van der Waals surface area contributed by atoms with Crippen molar-refractivity contribution in [1.82, 2.24) is 10.2 Å². The van der Waals surface area contributed by atoms with E-state index in [0.717, 1.165) is 4.90 Å². The van der Waals surface area contributed by atoms with Crippen LogP contribution >= 0.6 is 0 Å². The van der Waals surface area contributed by atoms with Gasteiger partial charge in [0.2, 0.25) is 5.82 Å². The maximum atomic E-state index is 13.7. The standard InChI is InChI=1S/C14H13F4N3O5/c15-11-9(14(16,17)18)4-7(5-10(11)21(25)26)12(22)20-3-1-2-8(6-20)19-13(23)24/h4-5,8,19H,1-3,6H2,(H,23,24)/t8-/m1/s1. The van der Waals surface area contributed by atoms with Crippen molar-refractivity contribution in [3.05, 3.63) is 39.2 Å². The number of nitro groups is 1.